The van der Waals surface area contributed by atoms with Gasteiger partial charge in [-0.3, -0.25) is 19.0 Å². The number of aryl methyl sites for hydroxylation is 1. The smallest absolute Gasteiger partial charge is 0.261 e. The number of fused-ring (bicyclic) bond motifs is 1. The summed E-state index contributed by atoms with van der Waals surface area (Å²) in [6, 6.07) is 5.31. The first kappa shape index (κ1) is 19.1. The van der Waals surface area contributed by atoms with Crippen LogP contribution in [0.1, 0.15) is 20.3 Å². The zero-order valence-electron chi connectivity index (χ0n) is 14.2. The van der Waals surface area contributed by atoms with Gasteiger partial charge in [-0.2, -0.15) is 0 Å². The molecule has 0 aliphatic heterocycles. The van der Waals surface area contributed by atoms with Gasteiger partial charge in [0.25, 0.3) is 5.56 Å². The fraction of sp³-hybridized carbons (Fsp3) is 0.412. The number of nitrogens with zero attached hydrogens (tertiary/aromatic N) is 2. The molecule has 0 fully saturated rings. The molecule has 7 nitrogen and oxygen atoms in total. The van der Waals surface area contributed by atoms with Crippen LogP contribution in [0.2, 0.25) is 0 Å². The van der Waals surface area contributed by atoms with Crippen molar-refractivity contribution in [1.82, 2.24) is 20.2 Å². The van der Waals surface area contributed by atoms with E-state index >= 15 is 0 Å². The number of hydrogen-bond acceptors (Lipinski definition) is 4. The van der Waals surface area contributed by atoms with Crippen LogP contribution in [0.3, 0.4) is 0 Å². The van der Waals surface area contributed by atoms with Crippen LogP contribution in [0.4, 0.5) is 0 Å². The van der Waals surface area contributed by atoms with E-state index in [4.69, 9.17) is 0 Å². The molecule has 0 unspecified atom stereocenters. The standard InChI is InChI=1S/C17H21BrN4O3/c1-11(2)16(24)20-7-6-19-15(23)5-8-22-10-21-14-4-3-12(18)9-13(14)17(22)25/h3-4,9-11H,5-8H2,1-2H3,(H,19,23)(H,20,24). The van der Waals surface area contributed by atoms with Crippen molar-refractivity contribution in [2.75, 3.05) is 13.1 Å². The summed E-state index contributed by atoms with van der Waals surface area (Å²) in [5.41, 5.74) is 0.443. The molecule has 25 heavy (non-hydrogen) atoms. The van der Waals surface area contributed by atoms with Gasteiger partial charge in [-0.1, -0.05) is 29.8 Å². The van der Waals surface area contributed by atoms with Gasteiger partial charge in [-0.05, 0) is 18.2 Å². The molecule has 0 saturated carbocycles. The number of amides is 2. The van der Waals surface area contributed by atoms with Crippen molar-refractivity contribution >= 4 is 38.6 Å². The number of hydrogen-bond donors (Lipinski definition) is 2. The highest BCUT2D eigenvalue weighted by molar-refractivity contribution is 9.10. The fourth-order valence-corrected chi connectivity index (χ4v) is 2.55. The predicted octanol–water partition coefficient (Wildman–Crippen LogP) is 1.44. The summed E-state index contributed by atoms with van der Waals surface area (Å²) in [4.78, 5) is 39.9. The first-order chi connectivity index (χ1) is 11.9. The normalized spacial score (nSPS) is 10.9. The first-order valence-electron chi connectivity index (χ1n) is 8.07. The topological polar surface area (TPSA) is 93.1 Å². The molecule has 0 aliphatic carbocycles. The van der Waals surface area contributed by atoms with Crippen molar-refractivity contribution in [2.24, 2.45) is 5.92 Å². The molecule has 2 aromatic rings. The molecule has 8 heteroatoms. The minimum atomic E-state index is -0.181. The Morgan fingerprint density at radius 1 is 1.24 bits per heavy atom. The minimum Gasteiger partial charge on any atom is -0.354 e. The zero-order valence-corrected chi connectivity index (χ0v) is 15.8. The maximum atomic E-state index is 12.4. The van der Waals surface area contributed by atoms with Gasteiger partial charge in [-0.15, -0.1) is 0 Å². The summed E-state index contributed by atoms with van der Waals surface area (Å²) in [6.45, 7) is 4.60. The Balaban J connectivity index is 1.86. The number of rotatable bonds is 7. The average molecular weight is 409 g/mol. The van der Waals surface area contributed by atoms with Crippen LogP contribution >= 0.6 is 15.9 Å². The summed E-state index contributed by atoms with van der Waals surface area (Å²) >= 11 is 3.34. The highest BCUT2D eigenvalue weighted by Gasteiger charge is 2.08. The number of aromatic nitrogens is 2. The van der Waals surface area contributed by atoms with E-state index in [9.17, 15) is 14.4 Å². The Morgan fingerprint density at radius 3 is 2.68 bits per heavy atom. The fourth-order valence-electron chi connectivity index (χ4n) is 2.19. The lowest BCUT2D eigenvalue weighted by atomic mass is 10.2. The SMILES string of the molecule is CC(C)C(=O)NCCNC(=O)CCn1cnc2ccc(Br)cc2c1=O. The van der Waals surface area contributed by atoms with E-state index in [0.29, 0.717) is 24.0 Å². The van der Waals surface area contributed by atoms with Crippen LogP contribution in [0.5, 0.6) is 0 Å². The molecule has 0 aliphatic rings. The van der Waals surface area contributed by atoms with E-state index in [1.165, 1.54) is 10.9 Å². The van der Waals surface area contributed by atoms with Gasteiger partial charge < -0.3 is 10.6 Å². The Hall–Kier alpha value is -2.22. The maximum absolute atomic E-state index is 12.4. The summed E-state index contributed by atoms with van der Waals surface area (Å²) in [5, 5.41) is 5.95. The molecule has 2 rings (SSSR count). The van der Waals surface area contributed by atoms with Gasteiger partial charge >= 0.3 is 0 Å². The van der Waals surface area contributed by atoms with E-state index in [1.807, 2.05) is 19.9 Å². The molecular formula is C17H21BrN4O3. The molecule has 2 amide bonds. The third-order valence-electron chi connectivity index (χ3n) is 3.64. The molecule has 1 heterocycles. The summed E-state index contributed by atoms with van der Waals surface area (Å²) < 4.78 is 2.23. The predicted molar refractivity (Wildman–Crippen MR) is 99.2 cm³/mol. The number of benzene rings is 1. The Morgan fingerprint density at radius 2 is 1.96 bits per heavy atom. The Kier molecular flexibility index (Phi) is 6.69. The summed E-state index contributed by atoms with van der Waals surface area (Å²) in [7, 11) is 0. The molecule has 0 bridgehead atoms. The third kappa shape index (κ3) is 5.38. The molecular weight excluding hydrogens is 388 g/mol. The van der Waals surface area contributed by atoms with Crippen LogP contribution in [0.25, 0.3) is 10.9 Å². The second-order valence-electron chi connectivity index (χ2n) is 5.95. The van der Waals surface area contributed by atoms with Crippen molar-refractivity contribution in [1.29, 1.82) is 0 Å². The van der Waals surface area contributed by atoms with Crippen LogP contribution < -0.4 is 16.2 Å². The average Bonchev–Trinajstić information content (AvgIpc) is 2.58. The lowest BCUT2D eigenvalue weighted by molar-refractivity contribution is -0.124. The van der Waals surface area contributed by atoms with Gasteiger partial charge in [0.1, 0.15) is 0 Å². The largest absolute Gasteiger partial charge is 0.354 e. The minimum absolute atomic E-state index is 0.0470. The van der Waals surface area contributed by atoms with E-state index in [0.717, 1.165) is 4.47 Å². The second kappa shape index (κ2) is 8.75. The second-order valence-corrected chi connectivity index (χ2v) is 6.87. The summed E-state index contributed by atoms with van der Waals surface area (Å²) in [6.07, 6.45) is 1.62. The number of carbonyl (C=O) groups is 2. The van der Waals surface area contributed by atoms with Gasteiger partial charge in [-0.25, -0.2) is 4.98 Å². The van der Waals surface area contributed by atoms with E-state index in [-0.39, 0.29) is 36.3 Å². The van der Waals surface area contributed by atoms with Crippen molar-refractivity contribution in [3.05, 3.63) is 39.4 Å². The van der Waals surface area contributed by atoms with E-state index in [1.54, 1.807) is 12.1 Å². The molecule has 0 radical (unpaired) electrons. The highest BCUT2D eigenvalue weighted by atomic mass is 79.9. The van der Waals surface area contributed by atoms with Crippen LogP contribution in [-0.4, -0.2) is 34.5 Å². The zero-order chi connectivity index (χ0) is 18.4. The number of carbonyl (C=O) groups excluding carboxylic acids is 2. The molecule has 0 saturated heterocycles. The molecule has 134 valence electrons. The molecule has 0 spiro atoms. The lowest BCUT2D eigenvalue weighted by Gasteiger charge is -2.09. The maximum Gasteiger partial charge on any atom is 0.261 e. The molecule has 1 aromatic carbocycles. The Bertz CT molecular complexity index is 832. The van der Waals surface area contributed by atoms with Gasteiger partial charge in [0.05, 0.1) is 17.2 Å². The van der Waals surface area contributed by atoms with Gasteiger partial charge in [0.15, 0.2) is 0 Å². The molecule has 2 N–H and O–H groups in total. The quantitative estimate of drug-likeness (QED) is 0.677. The molecule has 0 atom stereocenters. The highest BCUT2D eigenvalue weighted by Crippen LogP contribution is 2.14. The van der Waals surface area contributed by atoms with Gasteiger partial charge in [0, 0.05) is 36.4 Å². The Labute approximate surface area is 153 Å². The number of nitrogens with one attached hydrogen (secondary N) is 2. The van der Waals surface area contributed by atoms with E-state index in [2.05, 4.69) is 31.5 Å². The number of halogens is 1. The first-order valence-corrected chi connectivity index (χ1v) is 8.87. The third-order valence-corrected chi connectivity index (χ3v) is 4.13. The van der Waals surface area contributed by atoms with Crippen molar-refractivity contribution in [2.45, 2.75) is 26.8 Å². The van der Waals surface area contributed by atoms with Crippen LogP contribution in [0, 0.1) is 5.92 Å². The summed E-state index contributed by atoms with van der Waals surface area (Å²) in [5.74, 6) is -0.308. The van der Waals surface area contributed by atoms with Gasteiger partial charge in [0.2, 0.25) is 11.8 Å². The van der Waals surface area contributed by atoms with E-state index < -0.39 is 0 Å². The van der Waals surface area contributed by atoms with Crippen LogP contribution in [-0.2, 0) is 16.1 Å². The monoisotopic (exact) mass is 408 g/mol. The van der Waals surface area contributed by atoms with Crippen molar-refractivity contribution in [3.63, 3.8) is 0 Å². The van der Waals surface area contributed by atoms with Crippen molar-refractivity contribution < 1.29 is 9.59 Å². The lowest BCUT2D eigenvalue weighted by Crippen LogP contribution is -2.36. The molecule has 1 aromatic heterocycles. The van der Waals surface area contributed by atoms with Crippen LogP contribution in [0.15, 0.2) is 33.8 Å². The van der Waals surface area contributed by atoms with Crippen molar-refractivity contribution in [3.8, 4) is 0 Å².